The molecule has 0 aliphatic rings. The predicted molar refractivity (Wildman–Crippen MR) is 131 cm³/mol. The molecule has 180 valence electrons. The molecule has 9 nitrogen and oxygen atoms in total. The van der Waals surface area contributed by atoms with Gasteiger partial charge >= 0.3 is 0 Å². The third-order valence-electron chi connectivity index (χ3n) is 5.48. The van der Waals surface area contributed by atoms with E-state index in [1.54, 1.807) is 54.6 Å². The van der Waals surface area contributed by atoms with Gasteiger partial charge in [0.15, 0.2) is 0 Å². The van der Waals surface area contributed by atoms with Crippen LogP contribution in [0.1, 0.15) is 51.3 Å². The van der Waals surface area contributed by atoms with Gasteiger partial charge in [-0.15, -0.1) is 0 Å². The van der Waals surface area contributed by atoms with Crippen molar-refractivity contribution in [2.24, 2.45) is 5.92 Å². The van der Waals surface area contributed by atoms with Crippen molar-refractivity contribution in [1.82, 2.24) is 21.2 Å². The van der Waals surface area contributed by atoms with Gasteiger partial charge in [0.2, 0.25) is 0 Å². The lowest BCUT2D eigenvalue weighted by Gasteiger charge is -2.24. The minimum absolute atomic E-state index is 0.207. The second kappa shape index (κ2) is 12.1. The van der Waals surface area contributed by atoms with E-state index in [4.69, 9.17) is 0 Å². The zero-order chi connectivity index (χ0) is 25.2. The largest absolute Gasteiger partial charge is 0.340 e. The minimum Gasteiger partial charge on any atom is -0.340 e. The number of hydrogen-bond acceptors (Lipinski definition) is 5. The highest BCUT2D eigenvalue weighted by atomic mass is 16.2. The Hall–Kier alpha value is -4.53. The first-order chi connectivity index (χ1) is 16.9. The number of hydrogen-bond donors (Lipinski definition) is 4. The van der Waals surface area contributed by atoms with Crippen molar-refractivity contribution in [2.45, 2.75) is 26.3 Å². The number of carbonyl (C=O) groups excluding carboxylic acids is 4. The van der Waals surface area contributed by atoms with Gasteiger partial charge in [0.25, 0.3) is 23.6 Å². The number of hydrazine groups is 1. The number of amides is 4. The van der Waals surface area contributed by atoms with Crippen molar-refractivity contribution in [3.63, 3.8) is 0 Å². The fraction of sp³-hybridized carbons (Fsp3) is 0.192. The third kappa shape index (κ3) is 6.73. The van der Waals surface area contributed by atoms with Crippen LogP contribution in [-0.2, 0) is 4.79 Å². The third-order valence-corrected chi connectivity index (χ3v) is 5.48. The van der Waals surface area contributed by atoms with E-state index in [0.717, 1.165) is 0 Å². The van der Waals surface area contributed by atoms with E-state index in [2.05, 4.69) is 26.5 Å². The van der Waals surface area contributed by atoms with Crippen LogP contribution in [-0.4, -0.2) is 34.7 Å². The fourth-order valence-corrected chi connectivity index (χ4v) is 3.27. The molecule has 9 heteroatoms. The van der Waals surface area contributed by atoms with Gasteiger partial charge in [-0.2, -0.15) is 0 Å². The summed E-state index contributed by atoms with van der Waals surface area (Å²) < 4.78 is 0. The number of rotatable bonds is 8. The molecule has 1 heterocycles. The Morgan fingerprint density at radius 1 is 0.771 bits per heavy atom. The normalized spacial score (nSPS) is 12.1. The van der Waals surface area contributed by atoms with E-state index in [-0.39, 0.29) is 17.4 Å². The van der Waals surface area contributed by atoms with Crippen molar-refractivity contribution in [2.75, 3.05) is 5.32 Å². The summed E-state index contributed by atoms with van der Waals surface area (Å²) in [5.74, 6) is -2.21. The molecule has 1 aromatic heterocycles. The van der Waals surface area contributed by atoms with Gasteiger partial charge < -0.3 is 10.6 Å². The number of nitrogens with zero attached hydrogens (tertiary/aromatic N) is 1. The molecule has 0 radical (unpaired) electrons. The van der Waals surface area contributed by atoms with Crippen LogP contribution in [0.15, 0.2) is 79.1 Å². The van der Waals surface area contributed by atoms with Crippen LogP contribution in [0.2, 0.25) is 0 Å². The standard InChI is InChI=1S/C26H27N5O4/c1-3-17(2)22(26(35)31-30-24(33)19-13-15-27-16-14-19)29-25(34)20-11-7-8-12-21(20)28-23(32)18-9-5-4-6-10-18/h4-17,22H,3H2,1-2H3,(H,28,32)(H,29,34)(H,30,33)(H,31,35). The van der Waals surface area contributed by atoms with E-state index in [1.165, 1.54) is 24.5 Å². The maximum absolute atomic E-state index is 13.1. The zero-order valence-corrected chi connectivity index (χ0v) is 19.4. The van der Waals surface area contributed by atoms with Crippen LogP contribution in [0.4, 0.5) is 5.69 Å². The van der Waals surface area contributed by atoms with Crippen molar-refractivity contribution in [3.8, 4) is 0 Å². The first-order valence-electron chi connectivity index (χ1n) is 11.2. The molecule has 2 unspecified atom stereocenters. The lowest BCUT2D eigenvalue weighted by molar-refractivity contribution is -0.124. The number of pyridine rings is 1. The quantitative estimate of drug-likeness (QED) is 0.374. The van der Waals surface area contributed by atoms with Crippen molar-refractivity contribution < 1.29 is 19.2 Å². The summed E-state index contributed by atoms with van der Waals surface area (Å²) in [6.07, 6.45) is 3.53. The van der Waals surface area contributed by atoms with Gasteiger partial charge in [-0.05, 0) is 42.3 Å². The average molecular weight is 474 g/mol. The fourth-order valence-electron chi connectivity index (χ4n) is 3.27. The SMILES string of the molecule is CCC(C)C(NC(=O)c1ccccc1NC(=O)c1ccccc1)C(=O)NNC(=O)c1ccncc1. The topological polar surface area (TPSA) is 129 Å². The summed E-state index contributed by atoms with van der Waals surface area (Å²) in [6.45, 7) is 3.71. The lowest BCUT2D eigenvalue weighted by Crippen LogP contribution is -2.54. The first-order valence-corrected chi connectivity index (χ1v) is 11.2. The Morgan fingerprint density at radius 3 is 2.09 bits per heavy atom. The number of anilines is 1. The van der Waals surface area contributed by atoms with Gasteiger partial charge in [-0.3, -0.25) is 35.0 Å². The predicted octanol–water partition coefficient (Wildman–Crippen LogP) is 2.94. The Balaban J connectivity index is 1.71. The molecule has 3 aromatic rings. The highest BCUT2D eigenvalue weighted by Crippen LogP contribution is 2.18. The Labute approximate surface area is 203 Å². The van der Waals surface area contributed by atoms with Crippen molar-refractivity contribution in [3.05, 3.63) is 95.8 Å². The summed E-state index contributed by atoms with van der Waals surface area (Å²) >= 11 is 0. The van der Waals surface area contributed by atoms with Crippen LogP contribution in [0.3, 0.4) is 0 Å². The number of para-hydroxylation sites is 1. The van der Waals surface area contributed by atoms with Crippen LogP contribution in [0.25, 0.3) is 0 Å². The Kier molecular flexibility index (Phi) is 8.66. The second-order valence-electron chi connectivity index (χ2n) is 7.88. The average Bonchev–Trinajstić information content (AvgIpc) is 2.90. The Morgan fingerprint density at radius 2 is 1.40 bits per heavy atom. The minimum atomic E-state index is -0.928. The molecule has 0 aliphatic heterocycles. The maximum Gasteiger partial charge on any atom is 0.269 e. The van der Waals surface area contributed by atoms with Gasteiger partial charge in [0.1, 0.15) is 6.04 Å². The molecule has 2 atom stereocenters. The molecule has 0 spiro atoms. The van der Waals surface area contributed by atoms with E-state index in [9.17, 15) is 19.2 Å². The molecule has 4 amide bonds. The molecule has 4 N–H and O–H groups in total. The van der Waals surface area contributed by atoms with Crippen LogP contribution in [0.5, 0.6) is 0 Å². The van der Waals surface area contributed by atoms with Gasteiger partial charge in [-0.25, -0.2) is 0 Å². The van der Waals surface area contributed by atoms with E-state index >= 15 is 0 Å². The van der Waals surface area contributed by atoms with Gasteiger partial charge in [-0.1, -0.05) is 50.6 Å². The molecular weight excluding hydrogens is 446 g/mol. The molecule has 0 saturated carbocycles. The van der Waals surface area contributed by atoms with E-state index < -0.39 is 23.8 Å². The number of benzene rings is 2. The van der Waals surface area contributed by atoms with Crippen LogP contribution in [0, 0.1) is 5.92 Å². The maximum atomic E-state index is 13.1. The molecule has 0 aliphatic carbocycles. The number of aromatic nitrogens is 1. The molecule has 3 rings (SSSR count). The molecule has 0 saturated heterocycles. The van der Waals surface area contributed by atoms with E-state index in [0.29, 0.717) is 23.2 Å². The van der Waals surface area contributed by atoms with Gasteiger partial charge in [0.05, 0.1) is 11.3 Å². The highest BCUT2D eigenvalue weighted by molar-refractivity contribution is 6.09. The Bertz CT molecular complexity index is 1180. The number of nitrogens with one attached hydrogen (secondary N) is 4. The summed E-state index contributed by atoms with van der Waals surface area (Å²) in [5.41, 5.74) is 6.03. The molecule has 0 bridgehead atoms. The highest BCUT2D eigenvalue weighted by Gasteiger charge is 2.27. The van der Waals surface area contributed by atoms with Crippen LogP contribution >= 0.6 is 0 Å². The summed E-state index contributed by atoms with van der Waals surface area (Å²) in [6, 6.07) is 17.3. The molecule has 35 heavy (non-hydrogen) atoms. The summed E-state index contributed by atoms with van der Waals surface area (Å²) in [5, 5.41) is 5.49. The summed E-state index contributed by atoms with van der Waals surface area (Å²) in [7, 11) is 0. The molecule has 2 aromatic carbocycles. The molecular formula is C26H27N5O4. The smallest absolute Gasteiger partial charge is 0.269 e. The number of carbonyl (C=O) groups is 4. The van der Waals surface area contributed by atoms with Gasteiger partial charge in [0, 0.05) is 23.5 Å². The zero-order valence-electron chi connectivity index (χ0n) is 19.4. The first kappa shape index (κ1) is 25.1. The molecule has 0 fully saturated rings. The second-order valence-corrected chi connectivity index (χ2v) is 7.88. The summed E-state index contributed by atoms with van der Waals surface area (Å²) in [4.78, 5) is 54.7. The van der Waals surface area contributed by atoms with Crippen molar-refractivity contribution in [1.29, 1.82) is 0 Å². The van der Waals surface area contributed by atoms with Crippen molar-refractivity contribution >= 4 is 29.3 Å². The van der Waals surface area contributed by atoms with Crippen LogP contribution < -0.4 is 21.5 Å². The lowest BCUT2D eigenvalue weighted by atomic mass is 9.98. The van der Waals surface area contributed by atoms with E-state index in [1.807, 2.05) is 13.8 Å². The monoisotopic (exact) mass is 473 g/mol.